The monoisotopic (exact) mass is 367 g/mol. The van der Waals surface area contributed by atoms with E-state index in [4.69, 9.17) is 21.1 Å². The molecular formula is C16H15BrClNO2. The summed E-state index contributed by atoms with van der Waals surface area (Å²) in [6, 6.07) is 12.1. The maximum atomic E-state index is 6.22. The average molecular weight is 369 g/mol. The molecule has 0 bridgehead atoms. The number of fused-ring (bicyclic) bond motifs is 1. The average Bonchev–Trinajstić information content (AvgIpc) is 2.94. The number of hydrogen-bond donors (Lipinski definition) is 1. The van der Waals surface area contributed by atoms with Crippen molar-refractivity contribution in [3.8, 4) is 11.5 Å². The first kappa shape index (κ1) is 14.7. The van der Waals surface area contributed by atoms with Crippen LogP contribution in [0.1, 0.15) is 24.1 Å². The van der Waals surface area contributed by atoms with Gasteiger partial charge in [0.25, 0.3) is 0 Å². The largest absolute Gasteiger partial charge is 0.454 e. The Hall–Kier alpha value is -1.23. The van der Waals surface area contributed by atoms with Crippen LogP contribution in [-0.2, 0) is 6.54 Å². The second-order valence-electron chi connectivity index (χ2n) is 4.94. The molecule has 21 heavy (non-hydrogen) atoms. The Balaban J connectivity index is 1.71. The Bertz CT molecular complexity index is 663. The van der Waals surface area contributed by atoms with E-state index in [2.05, 4.69) is 28.2 Å². The molecule has 2 aromatic rings. The van der Waals surface area contributed by atoms with Gasteiger partial charge in [-0.15, -0.1) is 0 Å². The SMILES string of the molecule is C[C@@H](NCc1cc(Br)c2c(c1)OCO2)c1ccccc1Cl. The van der Waals surface area contributed by atoms with Crippen molar-refractivity contribution >= 4 is 27.5 Å². The lowest BCUT2D eigenvalue weighted by molar-refractivity contribution is 0.173. The molecule has 1 heterocycles. The van der Waals surface area contributed by atoms with Crippen molar-refractivity contribution < 1.29 is 9.47 Å². The number of hydrogen-bond acceptors (Lipinski definition) is 3. The zero-order chi connectivity index (χ0) is 14.8. The van der Waals surface area contributed by atoms with Gasteiger partial charge in [-0.2, -0.15) is 0 Å². The molecular weight excluding hydrogens is 354 g/mol. The summed E-state index contributed by atoms with van der Waals surface area (Å²) in [5.41, 5.74) is 2.23. The lowest BCUT2D eigenvalue weighted by atomic mass is 10.1. The zero-order valence-electron chi connectivity index (χ0n) is 11.5. The van der Waals surface area contributed by atoms with Gasteiger partial charge in [-0.3, -0.25) is 0 Å². The van der Waals surface area contributed by atoms with Crippen LogP contribution in [0.15, 0.2) is 40.9 Å². The van der Waals surface area contributed by atoms with Crippen molar-refractivity contribution in [3.63, 3.8) is 0 Å². The van der Waals surface area contributed by atoms with Crippen LogP contribution in [0.25, 0.3) is 0 Å². The van der Waals surface area contributed by atoms with Crippen LogP contribution in [0.4, 0.5) is 0 Å². The second-order valence-corrected chi connectivity index (χ2v) is 6.20. The van der Waals surface area contributed by atoms with Gasteiger partial charge in [-0.1, -0.05) is 29.8 Å². The summed E-state index contributed by atoms with van der Waals surface area (Å²) in [5, 5.41) is 4.25. The molecule has 5 heteroatoms. The second kappa shape index (κ2) is 6.26. The van der Waals surface area contributed by atoms with Gasteiger partial charge < -0.3 is 14.8 Å². The molecule has 0 amide bonds. The van der Waals surface area contributed by atoms with Gasteiger partial charge in [0.1, 0.15) is 0 Å². The molecule has 0 saturated heterocycles. The molecule has 0 unspecified atom stereocenters. The number of halogens is 2. The van der Waals surface area contributed by atoms with Crippen molar-refractivity contribution in [1.29, 1.82) is 0 Å². The maximum Gasteiger partial charge on any atom is 0.231 e. The summed E-state index contributed by atoms with van der Waals surface area (Å²) < 4.78 is 11.7. The first-order valence-corrected chi connectivity index (χ1v) is 7.88. The highest BCUT2D eigenvalue weighted by Gasteiger charge is 2.18. The number of ether oxygens (including phenoxy) is 2. The van der Waals surface area contributed by atoms with Crippen molar-refractivity contribution in [1.82, 2.24) is 5.32 Å². The predicted molar refractivity (Wildman–Crippen MR) is 87.0 cm³/mol. The minimum absolute atomic E-state index is 0.169. The van der Waals surface area contributed by atoms with E-state index in [0.29, 0.717) is 0 Å². The molecule has 0 radical (unpaired) electrons. The molecule has 0 saturated carbocycles. The quantitative estimate of drug-likeness (QED) is 0.850. The van der Waals surface area contributed by atoms with E-state index in [1.54, 1.807) is 0 Å². The predicted octanol–water partition coefficient (Wildman–Crippen LogP) is 4.68. The summed E-state index contributed by atoms with van der Waals surface area (Å²) in [6.45, 7) is 3.10. The van der Waals surface area contributed by atoms with Crippen LogP contribution in [0, 0.1) is 0 Å². The fraction of sp³-hybridized carbons (Fsp3) is 0.250. The van der Waals surface area contributed by atoms with Crippen LogP contribution in [0.2, 0.25) is 5.02 Å². The van der Waals surface area contributed by atoms with E-state index in [9.17, 15) is 0 Å². The Kier molecular flexibility index (Phi) is 4.38. The van der Waals surface area contributed by atoms with Crippen LogP contribution in [0.3, 0.4) is 0 Å². The molecule has 1 aliphatic heterocycles. The lowest BCUT2D eigenvalue weighted by Crippen LogP contribution is -2.18. The fourth-order valence-electron chi connectivity index (χ4n) is 2.33. The molecule has 1 aliphatic rings. The molecule has 0 fully saturated rings. The highest BCUT2D eigenvalue weighted by atomic mass is 79.9. The summed E-state index contributed by atoms with van der Waals surface area (Å²) in [4.78, 5) is 0. The van der Waals surface area contributed by atoms with Crippen LogP contribution < -0.4 is 14.8 Å². The highest BCUT2D eigenvalue weighted by Crippen LogP contribution is 2.40. The smallest absolute Gasteiger partial charge is 0.231 e. The Labute approximate surface area is 137 Å². The van der Waals surface area contributed by atoms with Crippen molar-refractivity contribution in [3.05, 3.63) is 57.0 Å². The molecule has 0 aliphatic carbocycles. The van der Waals surface area contributed by atoms with E-state index in [0.717, 1.165) is 38.7 Å². The number of nitrogens with one attached hydrogen (secondary N) is 1. The van der Waals surface area contributed by atoms with Gasteiger partial charge in [0.2, 0.25) is 6.79 Å². The van der Waals surface area contributed by atoms with Gasteiger partial charge >= 0.3 is 0 Å². The number of rotatable bonds is 4. The fourth-order valence-corrected chi connectivity index (χ4v) is 3.23. The van der Waals surface area contributed by atoms with E-state index in [-0.39, 0.29) is 12.8 Å². The first-order valence-electron chi connectivity index (χ1n) is 6.71. The highest BCUT2D eigenvalue weighted by molar-refractivity contribution is 9.10. The van der Waals surface area contributed by atoms with E-state index in [1.165, 1.54) is 0 Å². The topological polar surface area (TPSA) is 30.5 Å². The van der Waals surface area contributed by atoms with Gasteiger partial charge in [-0.05, 0) is 52.2 Å². The minimum atomic E-state index is 0.169. The maximum absolute atomic E-state index is 6.22. The summed E-state index contributed by atoms with van der Waals surface area (Å²) in [5.74, 6) is 1.56. The Morgan fingerprint density at radius 1 is 1.29 bits per heavy atom. The van der Waals surface area contributed by atoms with Gasteiger partial charge in [0.05, 0.1) is 4.47 Å². The third-order valence-corrected chi connectivity index (χ3v) is 4.40. The first-order chi connectivity index (χ1) is 10.1. The standard InChI is InChI=1S/C16H15BrClNO2/c1-10(12-4-2-3-5-14(12)18)19-8-11-6-13(17)16-15(7-11)20-9-21-16/h2-7,10,19H,8-9H2,1H3/t10-/m1/s1. The van der Waals surface area contributed by atoms with Crippen molar-refractivity contribution in [2.45, 2.75) is 19.5 Å². The lowest BCUT2D eigenvalue weighted by Gasteiger charge is -2.16. The normalized spacial score (nSPS) is 14.2. The number of benzene rings is 2. The van der Waals surface area contributed by atoms with Crippen LogP contribution >= 0.6 is 27.5 Å². The summed E-state index contributed by atoms with van der Waals surface area (Å²) in [6.07, 6.45) is 0. The van der Waals surface area contributed by atoms with Crippen LogP contribution in [-0.4, -0.2) is 6.79 Å². The Morgan fingerprint density at radius 3 is 2.90 bits per heavy atom. The van der Waals surface area contributed by atoms with Gasteiger partial charge in [0, 0.05) is 17.6 Å². The summed E-state index contributed by atoms with van der Waals surface area (Å²) >= 11 is 9.73. The van der Waals surface area contributed by atoms with Crippen molar-refractivity contribution in [2.24, 2.45) is 0 Å². The molecule has 3 nitrogen and oxygen atoms in total. The molecule has 3 rings (SSSR count). The Morgan fingerprint density at radius 2 is 2.10 bits per heavy atom. The van der Waals surface area contributed by atoms with E-state index >= 15 is 0 Å². The third kappa shape index (κ3) is 3.18. The molecule has 2 aromatic carbocycles. The van der Waals surface area contributed by atoms with E-state index < -0.39 is 0 Å². The van der Waals surface area contributed by atoms with Crippen molar-refractivity contribution in [2.75, 3.05) is 6.79 Å². The molecule has 0 spiro atoms. The molecule has 110 valence electrons. The molecule has 1 N–H and O–H groups in total. The van der Waals surface area contributed by atoms with Gasteiger partial charge in [-0.25, -0.2) is 0 Å². The third-order valence-electron chi connectivity index (χ3n) is 3.47. The summed E-state index contributed by atoms with van der Waals surface area (Å²) in [7, 11) is 0. The van der Waals surface area contributed by atoms with E-state index in [1.807, 2.05) is 36.4 Å². The molecule has 0 aromatic heterocycles. The molecule has 1 atom stereocenters. The van der Waals surface area contributed by atoms with Crippen LogP contribution in [0.5, 0.6) is 11.5 Å². The minimum Gasteiger partial charge on any atom is -0.454 e. The van der Waals surface area contributed by atoms with Gasteiger partial charge in [0.15, 0.2) is 11.5 Å². The zero-order valence-corrected chi connectivity index (χ0v) is 13.9.